The van der Waals surface area contributed by atoms with Crippen LogP contribution in [0.3, 0.4) is 0 Å². The Balaban J connectivity index is 0.00000280. The molecule has 2 unspecified atom stereocenters. The normalized spacial score (nSPS) is 18.6. The van der Waals surface area contributed by atoms with Gasteiger partial charge in [0.2, 0.25) is 11.8 Å². The number of nitrogens with two attached hydrogens (primary N) is 1. The Bertz CT molecular complexity index is 868. The summed E-state index contributed by atoms with van der Waals surface area (Å²) in [6.07, 6.45) is 0.284. The average molecular weight is 426 g/mol. The number of ether oxygens (including phenoxy) is 1. The lowest BCUT2D eigenvalue weighted by Gasteiger charge is -2.28. The van der Waals surface area contributed by atoms with Crippen LogP contribution in [0.2, 0.25) is 0 Å². The lowest BCUT2D eigenvalue weighted by molar-refractivity contribution is -0.126. The summed E-state index contributed by atoms with van der Waals surface area (Å²) in [6, 6.07) is 10.6. The SMILES string of the molecule is COc1ccc(NC(=O)C2CSC(Cc3ccccc3F)C(=O)N2)cc1N.Cl. The topological polar surface area (TPSA) is 93.4 Å². The van der Waals surface area contributed by atoms with Crippen molar-refractivity contribution in [2.75, 3.05) is 23.9 Å². The number of rotatable bonds is 5. The van der Waals surface area contributed by atoms with E-state index in [-0.39, 0.29) is 36.5 Å². The van der Waals surface area contributed by atoms with Crippen LogP contribution in [-0.4, -0.2) is 36.0 Å². The van der Waals surface area contributed by atoms with Gasteiger partial charge >= 0.3 is 0 Å². The van der Waals surface area contributed by atoms with Gasteiger partial charge in [-0.3, -0.25) is 9.59 Å². The van der Waals surface area contributed by atoms with E-state index in [9.17, 15) is 14.0 Å². The van der Waals surface area contributed by atoms with E-state index in [0.29, 0.717) is 28.4 Å². The Morgan fingerprint density at radius 1 is 1.36 bits per heavy atom. The molecule has 3 rings (SSSR count). The highest BCUT2D eigenvalue weighted by molar-refractivity contribution is 8.00. The van der Waals surface area contributed by atoms with Gasteiger partial charge in [-0.05, 0) is 36.2 Å². The van der Waals surface area contributed by atoms with Crippen molar-refractivity contribution in [3.8, 4) is 5.75 Å². The van der Waals surface area contributed by atoms with Gasteiger partial charge < -0.3 is 21.1 Å². The summed E-state index contributed by atoms with van der Waals surface area (Å²) in [4.78, 5) is 24.8. The van der Waals surface area contributed by atoms with Gasteiger partial charge in [-0.25, -0.2) is 4.39 Å². The minimum Gasteiger partial charge on any atom is -0.495 e. The molecule has 1 aliphatic rings. The third-order valence-corrected chi connectivity index (χ3v) is 5.56. The van der Waals surface area contributed by atoms with Crippen molar-refractivity contribution < 1.29 is 18.7 Å². The zero-order valence-electron chi connectivity index (χ0n) is 15.1. The van der Waals surface area contributed by atoms with Crippen LogP contribution in [0.15, 0.2) is 42.5 Å². The summed E-state index contributed by atoms with van der Waals surface area (Å²) < 4.78 is 18.9. The van der Waals surface area contributed by atoms with E-state index in [0.717, 1.165) is 0 Å². The van der Waals surface area contributed by atoms with Crippen molar-refractivity contribution in [1.29, 1.82) is 0 Å². The van der Waals surface area contributed by atoms with Crippen molar-refractivity contribution in [3.05, 3.63) is 53.8 Å². The zero-order chi connectivity index (χ0) is 19.4. The number of carbonyl (C=O) groups is 2. The number of carbonyl (C=O) groups excluding carboxylic acids is 2. The van der Waals surface area contributed by atoms with Crippen LogP contribution in [0.5, 0.6) is 5.75 Å². The molecular weight excluding hydrogens is 405 g/mol. The van der Waals surface area contributed by atoms with E-state index in [1.54, 1.807) is 36.4 Å². The molecular formula is C19H21ClFN3O3S. The van der Waals surface area contributed by atoms with Crippen molar-refractivity contribution in [2.24, 2.45) is 0 Å². The quantitative estimate of drug-likeness (QED) is 0.640. The highest BCUT2D eigenvalue weighted by atomic mass is 35.5. The van der Waals surface area contributed by atoms with Crippen LogP contribution in [-0.2, 0) is 16.0 Å². The lowest BCUT2D eigenvalue weighted by Crippen LogP contribution is -2.52. The number of benzene rings is 2. The molecule has 150 valence electrons. The molecule has 1 saturated heterocycles. The number of hydrogen-bond acceptors (Lipinski definition) is 5. The molecule has 2 aromatic carbocycles. The number of amides is 2. The maximum atomic E-state index is 13.8. The average Bonchev–Trinajstić information content (AvgIpc) is 2.65. The maximum Gasteiger partial charge on any atom is 0.247 e. The Hall–Kier alpha value is -2.45. The second kappa shape index (κ2) is 9.66. The Labute approximate surface area is 172 Å². The number of hydrogen-bond donors (Lipinski definition) is 3. The number of nitrogens with one attached hydrogen (secondary N) is 2. The summed E-state index contributed by atoms with van der Waals surface area (Å²) in [6.45, 7) is 0. The third kappa shape index (κ3) is 5.08. The fraction of sp³-hybridized carbons (Fsp3) is 0.263. The number of nitrogen functional groups attached to an aromatic ring is 1. The second-order valence-corrected chi connectivity index (χ2v) is 7.36. The van der Waals surface area contributed by atoms with Crippen molar-refractivity contribution in [2.45, 2.75) is 17.7 Å². The molecule has 0 spiro atoms. The molecule has 28 heavy (non-hydrogen) atoms. The first-order chi connectivity index (χ1) is 13.0. The van der Waals surface area contributed by atoms with Gasteiger partial charge in [-0.15, -0.1) is 24.2 Å². The summed E-state index contributed by atoms with van der Waals surface area (Å²) in [5.74, 6) is -0.00970. The molecule has 2 atom stereocenters. The smallest absolute Gasteiger partial charge is 0.247 e. The van der Waals surface area contributed by atoms with Crippen LogP contribution >= 0.6 is 24.2 Å². The predicted octanol–water partition coefficient (Wildman–Crippen LogP) is 2.62. The molecule has 0 saturated carbocycles. The summed E-state index contributed by atoms with van der Waals surface area (Å²) >= 11 is 1.35. The van der Waals surface area contributed by atoms with Gasteiger partial charge in [0, 0.05) is 11.4 Å². The molecule has 1 fully saturated rings. The Morgan fingerprint density at radius 2 is 2.11 bits per heavy atom. The van der Waals surface area contributed by atoms with Gasteiger partial charge in [-0.2, -0.15) is 0 Å². The number of thioether (sulfide) groups is 1. The van der Waals surface area contributed by atoms with Crippen LogP contribution in [0, 0.1) is 5.82 Å². The molecule has 0 aliphatic carbocycles. The molecule has 1 aliphatic heterocycles. The molecule has 0 bridgehead atoms. The molecule has 9 heteroatoms. The van der Waals surface area contributed by atoms with Gasteiger partial charge in [0.25, 0.3) is 0 Å². The van der Waals surface area contributed by atoms with Crippen molar-refractivity contribution >= 4 is 47.4 Å². The van der Waals surface area contributed by atoms with Gasteiger partial charge in [0.05, 0.1) is 18.0 Å². The Kier molecular flexibility index (Phi) is 7.53. The third-order valence-electron chi connectivity index (χ3n) is 4.25. The Morgan fingerprint density at radius 3 is 2.75 bits per heavy atom. The van der Waals surface area contributed by atoms with E-state index >= 15 is 0 Å². The predicted molar refractivity (Wildman–Crippen MR) is 112 cm³/mol. The van der Waals surface area contributed by atoms with Crippen LogP contribution in [0.25, 0.3) is 0 Å². The highest BCUT2D eigenvalue weighted by Gasteiger charge is 2.32. The van der Waals surface area contributed by atoms with E-state index in [1.807, 2.05) is 0 Å². The number of methoxy groups -OCH3 is 1. The number of halogens is 2. The van der Waals surface area contributed by atoms with Crippen LogP contribution < -0.4 is 21.1 Å². The molecule has 6 nitrogen and oxygen atoms in total. The van der Waals surface area contributed by atoms with Crippen LogP contribution in [0.1, 0.15) is 5.56 Å². The summed E-state index contributed by atoms with van der Waals surface area (Å²) in [5, 5.41) is 5.02. The standard InChI is InChI=1S/C19H20FN3O3S.ClH/c1-26-16-7-6-12(9-14(16)21)22-18(24)15-10-27-17(19(25)23-15)8-11-4-2-3-5-13(11)20;/h2-7,9,15,17H,8,10,21H2,1H3,(H,22,24)(H,23,25);1H. The second-order valence-electron chi connectivity index (χ2n) is 6.12. The fourth-order valence-electron chi connectivity index (χ4n) is 2.79. The highest BCUT2D eigenvalue weighted by Crippen LogP contribution is 2.26. The monoisotopic (exact) mass is 425 g/mol. The molecule has 4 N–H and O–H groups in total. The molecule has 0 aromatic heterocycles. The minimum absolute atomic E-state index is 0. The van der Waals surface area contributed by atoms with E-state index in [4.69, 9.17) is 10.5 Å². The van der Waals surface area contributed by atoms with Gasteiger partial charge in [-0.1, -0.05) is 18.2 Å². The van der Waals surface area contributed by atoms with Crippen molar-refractivity contribution in [1.82, 2.24) is 5.32 Å². The van der Waals surface area contributed by atoms with E-state index in [1.165, 1.54) is 24.9 Å². The maximum absolute atomic E-state index is 13.8. The van der Waals surface area contributed by atoms with Crippen molar-refractivity contribution in [3.63, 3.8) is 0 Å². The first-order valence-corrected chi connectivity index (χ1v) is 9.42. The molecule has 1 heterocycles. The minimum atomic E-state index is -0.664. The lowest BCUT2D eigenvalue weighted by atomic mass is 10.1. The summed E-state index contributed by atoms with van der Waals surface area (Å²) in [5.41, 5.74) is 7.24. The molecule has 2 aromatic rings. The first kappa shape index (κ1) is 21.8. The fourth-order valence-corrected chi connectivity index (χ4v) is 3.97. The molecule has 0 radical (unpaired) electrons. The zero-order valence-corrected chi connectivity index (χ0v) is 16.7. The van der Waals surface area contributed by atoms with Gasteiger partial charge in [0.15, 0.2) is 0 Å². The van der Waals surface area contributed by atoms with Crippen LogP contribution in [0.4, 0.5) is 15.8 Å². The first-order valence-electron chi connectivity index (χ1n) is 8.37. The van der Waals surface area contributed by atoms with E-state index in [2.05, 4.69) is 10.6 Å². The van der Waals surface area contributed by atoms with E-state index < -0.39 is 11.3 Å². The molecule has 2 amide bonds. The van der Waals surface area contributed by atoms with Gasteiger partial charge in [0.1, 0.15) is 17.6 Å². The largest absolute Gasteiger partial charge is 0.495 e. The number of anilines is 2. The summed E-state index contributed by atoms with van der Waals surface area (Å²) in [7, 11) is 1.51.